The molecular weight excluding hydrogens is 308 g/mol. The minimum Gasteiger partial charge on any atom is -0.392 e. The monoisotopic (exact) mass is 330 g/mol. The van der Waals surface area contributed by atoms with Crippen LogP contribution in [-0.4, -0.2) is 28.5 Å². The summed E-state index contributed by atoms with van der Waals surface area (Å²) in [5.74, 6) is 0. The molecule has 2 rings (SSSR count). The van der Waals surface area contributed by atoms with Crippen LogP contribution in [0.4, 0.5) is 0 Å². The third-order valence-electron chi connectivity index (χ3n) is 4.01. The van der Waals surface area contributed by atoms with Crippen molar-refractivity contribution in [2.45, 2.75) is 62.6 Å². The lowest BCUT2D eigenvalue weighted by molar-refractivity contribution is 0.440. The molecule has 0 spiro atoms. The van der Waals surface area contributed by atoms with Gasteiger partial charge in [-0.25, -0.2) is 13.4 Å². The number of nitrogens with zero attached hydrogens (tertiary/aromatic N) is 2. The molecule has 0 radical (unpaired) electrons. The Balaban J connectivity index is 2.28. The molecule has 8 heteroatoms. The van der Waals surface area contributed by atoms with E-state index >= 15 is 0 Å². The average molecular weight is 330 g/mol. The van der Waals surface area contributed by atoms with Crippen LogP contribution in [-0.2, 0) is 16.6 Å². The molecule has 1 heterocycles. The SMILES string of the molecule is CCn1cnc(S(=O)(=O)NC2(C(N)=S)CCCCCC2)c1. The molecule has 0 bridgehead atoms. The minimum absolute atomic E-state index is 0.0178. The van der Waals surface area contributed by atoms with Crippen LogP contribution in [0.3, 0.4) is 0 Å². The lowest BCUT2D eigenvalue weighted by Crippen LogP contribution is -2.56. The first-order chi connectivity index (χ1) is 9.89. The van der Waals surface area contributed by atoms with Gasteiger partial charge in [-0.2, -0.15) is 4.72 Å². The van der Waals surface area contributed by atoms with E-state index in [0.717, 1.165) is 25.7 Å². The fraction of sp³-hybridized carbons (Fsp3) is 0.692. The molecule has 3 N–H and O–H groups in total. The zero-order valence-electron chi connectivity index (χ0n) is 12.2. The van der Waals surface area contributed by atoms with Crippen molar-refractivity contribution in [3.05, 3.63) is 12.5 Å². The van der Waals surface area contributed by atoms with Gasteiger partial charge in [0.25, 0.3) is 10.0 Å². The summed E-state index contributed by atoms with van der Waals surface area (Å²) < 4.78 is 29.5. The van der Waals surface area contributed by atoms with Crippen LogP contribution in [0.2, 0.25) is 0 Å². The van der Waals surface area contributed by atoms with Crippen molar-refractivity contribution in [3.8, 4) is 0 Å². The van der Waals surface area contributed by atoms with Crippen molar-refractivity contribution in [3.63, 3.8) is 0 Å². The Bertz CT molecular complexity index is 601. The molecule has 118 valence electrons. The van der Waals surface area contributed by atoms with Gasteiger partial charge in [0, 0.05) is 12.7 Å². The van der Waals surface area contributed by atoms with E-state index in [-0.39, 0.29) is 10.0 Å². The van der Waals surface area contributed by atoms with Crippen molar-refractivity contribution < 1.29 is 8.42 Å². The van der Waals surface area contributed by atoms with E-state index in [2.05, 4.69) is 9.71 Å². The number of sulfonamides is 1. The van der Waals surface area contributed by atoms with Gasteiger partial charge in [-0.3, -0.25) is 0 Å². The molecular formula is C13H22N4O2S2. The van der Waals surface area contributed by atoms with Gasteiger partial charge >= 0.3 is 0 Å². The summed E-state index contributed by atoms with van der Waals surface area (Å²) >= 11 is 5.16. The minimum atomic E-state index is -3.72. The largest absolute Gasteiger partial charge is 0.392 e. The summed E-state index contributed by atoms with van der Waals surface area (Å²) in [6.07, 6.45) is 8.33. The number of imidazole rings is 1. The van der Waals surface area contributed by atoms with E-state index in [1.54, 1.807) is 4.57 Å². The highest BCUT2D eigenvalue weighted by Gasteiger charge is 2.38. The predicted octanol–water partition coefficient (Wildman–Crippen LogP) is 1.56. The Morgan fingerprint density at radius 1 is 1.43 bits per heavy atom. The molecule has 1 aromatic heterocycles. The molecule has 1 aromatic rings. The van der Waals surface area contributed by atoms with Crippen molar-refractivity contribution in [1.82, 2.24) is 14.3 Å². The van der Waals surface area contributed by atoms with E-state index in [4.69, 9.17) is 18.0 Å². The molecule has 0 saturated heterocycles. The number of rotatable bonds is 5. The summed E-state index contributed by atoms with van der Waals surface area (Å²) in [4.78, 5) is 4.19. The summed E-state index contributed by atoms with van der Waals surface area (Å²) in [6.45, 7) is 2.59. The highest BCUT2D eigenvalue weighted by molar-refractivity contribution is 7.89. The van der Waals surface area contributed by atoms with Crippen LogP contribution in [0.15, 0.2) is 17.6 Å². The maximum absolute atomic E-state index is 12.5. The van der Waals surface area contributed by atoms with E-state index in [0.29, 0.717) is 19.4 Å². The van der Waals surface area contributed by atoms with Crippen LogP contribution in [0.1, 0.15) is 45.4 Å². The van der Waals surface area contributed by atoms with Gasteiger partial charge in [0.2, 0.25) is 0 Å². The van der Waals surface area contributed by atoms with E-state index in [1.165, 1.54) is 12.5 Å². The van der Waals surface area contributed by atoms with E-state index < -0.39 is 15.6 Å². The smallest absolute Gasteiger partial charge is 0.260 e. The summed E-state index contributed by atoms with van der Waals surface area (Å²) in [5.41, 5.74) is 5.05. The number of aromatic nitrogens is 2. The molecule has 1 aliphatic carbocycles. The fourth-order valence-electron chi connectivity index (χ4n) is 2.69. The van der Waals surface area contributed by atoms with E-state index in [1.807, 2.05) is 6.92 Å². The molecule has 0 unspecified atom stereocenters. The Kier molecular flexibility index (Phi) is 5.00. The zero-order chi connectivity index (χ0) is 15.5. The van der Waals surface area contributed by atoms with Crippen LogP contribution >= 0.6 is 12.2 Å². The average Bonchev–Trinajstić information content (AvgIpc) is 2.80. The number of nitrogens with one attached hydrogen (secondary N) is 1. The first-order valence-electron chi connectivity index (χ1n) is 7.25. The third kappa shape index (κ3) is 3.61. The molecule has 0 amide bonds. The van der Waals surface area contributed by atoms with Gasteiger partial charge in [0.15, 0.2) is 5.03 Å². The van der Waals surface area contributed by atoms with Crippen LogP contribution in [0.5, 0.6) is 0 Å². The molecule has 0 aliphatic heterocycles. The van der Waals surface area contributed by atoms with Gasteiger partial charge in [-0.05, 0) is 19.8 Å². The normalized spacial score (nSPS) is 19.1. The van der Waals surface area contributed by atoms with Crippen LogP contribution < -0.4 is 10.5 Å². The summed E-state index contributed by atoms with van der Waals surface area (Å²) in [6, 6.07) is 0. The van der Waals surface area contributed by atoms with Gasteiger partial charge in [-0.15, -0.1) is 0 Å². The lowest BCUT2D eigenvalue weighted by atomic mass is 9.91. The van der Waals surface area contributed by atoms with E-state index in [9.17, 15) is 8.42 Å². The predicted molar refractivity (Wildman–Crippen MR) is 85.4 cm³/mol. The Morgan fingerprint density at radius 3 is 2.52 bits per heavy atom. The Hall–Kier alpha value is -0.990. The molecule has 6 nitrogen and oxygen atoms in total. The fourth-order valence-corrected chi connectivity index (χ4v) is 4.40. The summed E-state index contributed by atoms with van der Waals surface area (Å²) in [7, 11) is -3.72. The van der Waals surface area contributed by atoms with Crippen LogP contribution in [0.25, 0.3) is 0 Å². The van der Waals surface area contributed by atoms with Crippen molar-refractivity contribution >= 4 is 27.2 Å². The first kappa shape index (κ1) is 16.4. The first-order valence-corrected chi connectivity index (χ1v) is 9.14. The quantitative estimate of drug-likeness (QED) is 0.631. The van der Waals surface area contributed by atoms with Gasteiger partial charge in [0.1, 0.15) is 0 Å². The molecule has 1 aliphatic rings. The summed E-state index contributed by atoms with van der Waals surface area (Å²) in [5, 5.41) is 0.0178. The number of nitrogens with two attached hydrogens (primary N) is 1. The number of aryl methyl sites for hydroxylation is 1. The van der Waals surface area contributed by atoms with Crippen molar-refractivity contribution in [2.75, 3.05) is 0 Å². The van der Waals surface area contributed by atoms with Gasteiger partial charge < -0.3 is 10.3 Å². The lowest BCUT2D eigenvalue weighted by Gasteiger charge is -2.32. The highest BCUT2D eigenvalue weighted by atomic mass is 32.2. The maximum atomic E-state index is 12.5. The van der Waals surface area contributed by atoms with Crippen molar-refractivity contribution in [1.29, 1.82) is 0 Å². The molecule has 0 atom stereocenters. The maximum Gasteiger partial charge on any atom is 0.260 e. The van der Waals surface area contributed by atoms with Crippen molar-refractivity contribution in [2.24, 2.45) is 5.73 Å². The zero-order valence-corrected chi connectivity index (χ0v) is 13.8. The second-order valence-corrected chi connectivity index (χ2v) is 7.58. The Morgan fingerprint density at radius 2 is 2.05 bits per heavy atom. The molecule has 21 heavy (non-hydrogen) atoms. The number of hydrogen-bond acceptors (Lipinski definition) is 4. The van der Waals surface area contributed by atoms with Gasteiger partial charge in [-0.1, -0.05) is 37.9 Å². The third-order valence-corrected chi connectivity index (χ3v) is 5.82. The number of thiocarbonyl (C=S) groups is 1. The number of hydrogen-bond donors (Lipinski definition) is 2. The topological polar surface area (TPSA) is 90.0 Å². The highest BCUT2D eigenvalue weighted by Crippen LogP contribution is 2.29. The second-order valence-electron chi connectivity index (χ2n) is 5.51. The Labute approximate surface area is 131 Å². The second kappa shape index (κ2) is 6.41. The standard InChI is InChI=1S/C13H22N4O2S2/c1-2-17-9-11(15-10-17)21(18,19)16-13(12(14)20)7-5-3-4-6-8-13/h9-10,16H,2-8H2,1H3,(H2,14,20). The molecule has 1 saturated carbocycles. The molecule has 0 aromatic carbocycles. The molecule has 1 fully saturated rings. The van der Waals surface area contributed by atoms with Gasteiger partial charge in [0.05, 0.1) is 16.9 Å². The van der Waals surface area contributed by atoms with Crippen LogP contribution in [0, 0.1) is 0 Å².